The molecule has 1 aliphatic rings. The second-order valence-corrected chi connectivity index (χ2v) is 5.71. The maximum atomic E-state index is 12.5. The zero-order chi connectivity index (χ0) is 14.8. The summed E-state index contributed by atoms with van der Waals surface area (Å²) in [7, 11) is 0. The first-order chi connectivity index (χ1) is 10.1. The molecule has 0 N–H and O–H groups in total. The zero-order valence-corrected chi connectivity index (χ0v) is 12.5. The largest absolute Gasteiger partial charge is 0.339 e. The summed E-state index contributed by atoms with van der Waals surface area (Å²) in [6.45, 7) is 3.17. The van der Waals surface area contributed by atoms with Gasteiger partial charge in [-0.3, -0.25) is 4.79 Å². The molecule has 21 heavy (non-hydrogen) atoms. The van der Waals surface area contributed by atoms with E-state index in [4.69, 9.17) is 16.1 Å². The number of benzene rings is 1. The Morgan fingerprint density at radius 1 is 1.38 bits per heavy atom. The van der Waals surface area contributed by atoms with Gasteiger partial charge in [0.1, 0.15) is 0 Å². The van der Waals surface area contributed by atoms with Crippen LogP contribution in [0.4, 0.5) is 0 Å². The predicted octanol–water partition coefficient (Wildman–Crippen LogP) is 3.05. The maximum Gasteiger partial charge on any atom is 0.253 e. The average Bonchev–Trinajstić information content (AvgIpc) is 2.94. The molecule has 0 saturated carbocycles. The number of hydrogen-bond donors (Lipinski definition) is 0. The lowest BCUT2D eigenvalue weighted by Crippen LogP contribution is -2.39. The highest BCUT2D eigenvalue weighted by Crippen LogP contribution is 2.26. The average molecular weight is 306 g/mol. The molecule has 0 aliphatic carbocycles. The van der Waals surface area contributed by atoms with Crippen molar-refractivity contribution in [3.63, 3.8) is 0 Å². The fraction of sp³-hybridized carbons (Fsp3) is 0.400. The van der Waals surface area contributed by atoms with E-state index >= 15 is 0 Å². The van der Waals surface area contributed by atoms with Gasteiger partial charge in [0.05, 0.1) is 5.92 Å². The fourth-order valence-corrected chi connectivity index (χ4v) is 2.74. The van der Waals surface area contributed by atoms with E-state index in [1.165, 1.54) is 0 Å². The van der Waals surface area contributed by atoms with Gasteiger partial charge in [0.25, 0.3) is 5.91 Å². The molecule has 1 fully saturated rings. The third kappa shape index (κ3) is 3.08. The second kappa shape index (κ2) is 5.85. The first-order valence-electron chi connectivity index (χ1n) is 6.98. The van der Waals surface area contributed by atoms with Crippen molar-refractivity contribution in [1.82, 2.24) is 15.0 Å². The number of piperidine rings is 1. The number of amides is 1. The normalized spacial score (nSPS) is 18.8. The van der Waals surface area contributed by atoms with Gasteiger partial charge in [-0.2, -0.15) is 4.98 Å². The van der Waals surface area contributed by atoms with Crippen molar-refractivity contribution in [2.75, 3.05) is 13.1 Å². The van der Waals surface area contributed by atoms with E-state index < -0.39 is 0 Å². The van der Waals surface area contributed by atoms with E-state index in [-0.39, 0.29) is 11.8 Å². The van der Waals surface area contributed by atoms with Gasteiger partial charge >= 0.3 is 0 Å². The Morgan fingerprint density at radius 3 is 2.81 bits per heavy atom. The maximum absolute atomic E-state index is 12.5. The van der Waals surface area contributed by atoms with E-state index in [2.05, 4.69) is 10.1 Å². The number of rotatable bonds is 2. The van der Waals surface area contributed by atoms with Crippen LogP contribution >= 0.6 is 11.6 Å². The van der Waals surface area contributed by atoms with Gasteiger partial charge < -0.3 is 9.42 Å². The highest BCUT2D eigenvalue weighted by molar-refractivity contribution is 6.30. The minimum absolute atomic E-state index is 0.0209. The summed E-state index contributed by atoms with van der Waals surface area (Å²) in [6.07, 6.45) is 1.90. The molecule has 1 aliphatic heterocycles. The van der Waals surface area contributed by atoms with Crippen LogP contribution in [-0.4, -0.2) is 34.0 Å². The van der Waals surface area contributed by atoms with E-state index in [9.17, 15) is 4.79 Å². The Balaban J connectivity index is 1.73. The molecule has 1 aromatic heterocycles. The third-order valence-corrected chi connectivity index (χ3v) is 3.94. The topological polar surface area (TPSA) is 59.2 Å². The smallest absolute Gasteiger partial charge is 0.253 e. The Hall–Kier alpha value is -1.88. The molecule has 0 bridgehead atoms. The number of likely N-dealkylation sites (tertiary alicyclic amines) is 1. The summed E-state index contributed by atoms with van der Waals surface area (Å²) in [4.78, 5) is 18.6. The minimum atomic E-state index is 0.0209. The van der Waals surface area contributed by atoms with Gasteiger partial charge in [-0.1, -0.05) is 16.8 Å². The van der Waals surface area contributed by atoms with E-state index in [0.717, 1.165) is 19.4 Å². The van der Waals surface area contributed by atoms with E-state index in [0.29, 0.717) is 28.8 Å². The molecule has 0 spiro atoms. The number of nitrogens with zero attached hydrogens (tertiary/aromatic N) is 3. The van der Waals surface area contributed by atoms with Crippen LogP contribution in [0.1, 0.15) is 40.8 Å². The number of hydrogen-bond acceptors (Lipinski definition) is 4. The number of carbonyl (C=O) groups is 1. The monoisotopic (exact) mass is 305 g/mol. The van der Waals surface area contributed by atoms with Crippen LogP contribution in [0.25, 0.3) is 0 Å². The molecule has 1 aromatic carbocycles. The molecule has 0 unspecified atom stereocenters. The molecule has 1 atom stereocenters. The number of aryl methyl sites for hydroxylation is 1. The molecule has 1 amide bonds. The van der Waals surface area contributed by atoms with Crippen molar-refractivity contribution in [3.05, 3.63) is 46.6 Å². The van der Waals surface area contributed by atoms with Crippen molar-refractivity contribution in [1.29, 1.82) is 0 Å². The Kier molecular flexibility index (Phi) is 3.92. The van der Waals surface area contributed by atoms with Crippen LogP contribution in [0, 0.1) is 6.92 Å². The quantitative estimate of drug-likeness (QED) is 0.855. The summed E-state index contributed by atoms with van der Waals surface area (Å²) in [6, 6.07) is 6.98. The van der Waals surface area contributed by atoms with Gasteiger partial charge in [-0.15, -0.1) is 0 Å². The standard InChI is InChI=1S/C15H16ClN3O2/c1-10-17-14(21-18-10)12-3-2-8-19(9-12)15(20)11-4-6-13(16)7-5-11/h4-7,12H,2-3,8-9H2,1H3/t12-/m1/s1. The molecule has 2 aromatic rings. The van der Waals surface area contributed by atoms with Crippen LogP contribution in [0.3, 0.4) is 0 Å². The lowest BCUT2D eigenvalue weighted by Gasteiger charge is -2.31. The Morgan fingerprint density at radius 2 is 2.14 bits per heavy atom. The number of aromatic nitrogens is 2. The molecule has 0 radical (unpaired) electrons. The molecular weight excluding hydrogens is 290 g/mol. The fourth-order valence-electron chi connectivity index (χ4n) is 2.62. The van der Waals surface area contributed by atoms with Crippen molar-refractivity contribution in [2.45, 2.75) is 25.7 Å². The van der Waals surface area contributed by atoms with Gasteiger partial charge in [0.15, 0.2) is 5.82 Å². The second-order valence-electron chi connectivity index (χ2n) is 5.28. The van der Waals surface area contributed by atoms with Crippen LogP contribution in [-0.2, 0) is 0 Å². The first-order valence-corrected chi connectivity index (χ1v) is 7.36. The SMILES string of the molecule is Cc1noc([C@@H]2CCCN(C(=O)c3ccc(Cl)cc3)C2)n1. The van der Waals surface area contributed by atoms with Gasteiger partial charge in [0.2, 0.25) is 5.89 Å². The van der Waals surface area contributed by atoms with Crippen LogP contribution in [0.5, 0.6) is 0 Å². The lowest BCUT2D eigenvalue weighted by molar-refractivity contribution is 0.0695. The van der Waals surface area contributed by atoms with Crippen molar-refractivity contribution >= 4 is 17.5 Å². The number of halogens is 1. The molecule has 5 nitrogen and oxygen atoms in total. The first kappa shape index (κ1) is 14.1. The molecule has 1 saturated heterocycles. The lowest BCUT2D eigenvalue weighted by atomic mass is 9.97. The summed E-state index contributed by atoms with van der Waals surface area (Å²) in [5.41, 5.74) is 0.654. The molecular formula is C15H16ClN3O2. The van der Waals surface area contributed by atoms with Gasteiger partial charge in [-0.25, -0.2) is 0 Å². The summed E-state index contributed by atoms with van der Waals surface area (Å²) in [5.74, 6) is 1.40. The minimum Gasteiger partial charge on any atom is -0.339 e. The molecule has 6 heteroatoms. The Bertz CT molecular complexity index is 639. The van der Waals surface area contributed by atoms with Crippen molar-refractivity contribution in [2.24, 2.45) is 0 Å². The predicted molar refractivity (Wildman–Crippen MR) is 78.4 cm³/mol. The van der Waals surface area contributed by atoms with Crippen molar-refractivity contribution < 1.29 is 9.32 Å². The Labute approximate surface area is 127 Å². The summed E-state index contributed by atoms with van der Waals surface area (Å²) < 4.78 is 5.24. The van der Waals surface area contributed by atoms with Gasteiger partial charge in [0, 0.05) is 23.7 Å². The molecule has 3 rings (SSSR count). The highest BCUT2D eigenvalue weighted by Gasteiger charge is 2.28. The highest BCUT2D eigenvalue weighted by atomic mass is 35.5. The van der Waals surface area contributed by atoms with Crippen LogP contribution < -0.4 is 0 Å². The molecule has 110 valence electrons. The molecule has 2 heterocycles. The third-order valence-electron chi connectivity index (χ3n) is 3.69. The van der Waals surface area contributed by atoms with Gasteiger partial charge in [-0.05, 0) is 44.0 Å². The zero-order valence-electron chi connectivity index (χ0n) is 11.8. The number of carbonyl (C=O) groups excluding carboxylic acids is 1. The van der Waals surface area contributed by atoms with Crippen molar-refractivity contribution in [3.8, 4) is 0 Å². The van der Waals surface area contributed by atoms with E-state index in [1.807, 2.05) is 4.90 Å². The van der Waals surface area contributed by atoms with E-state index in [1.54, 1.807) is 31.2 Å². The summed E-state index contributed by atoms with van der Waals surface area (Å²) in [5, 5.41) is 4.45. The van der Waals surface area contributed by atoms with Crippen LogP contribution in [0.2, 0.25) is 5.02 Å². The summed E-state index contributed by atoms with van der Waals surface area (Å²) >= 11 is 5.86. The van der Waals surface area contributed by atoms with Crippen LogP contribution in [0.15, 0.2) is 28.8 Å².